The van der Waals surface area contributed by atoms with Gasteiger partial charge in [-0.15, -0.1) is 0 Å². The number of hydrogen-bond acceptors (Lipinski definition) is 5. The second-order valence-corrected chi connectivity index (χ2v) is 9.06. The third-order valence-corrected chi connectivity index (χ3v) is 5.61. The van der Waals surface area contributed by atoms with Crippen LogP contribution in [0.2, 0.25) is 5.02 Å². The fraction of sp³-hybridized carbons (Fsp3) is 0.250. The first kappa shape index (κ1) is 26.8. The number of methoxy groups -OCH3 is 1. The number of nitrogens with zero attached hydrogens (tertiary/aromatic N) is 1. The molecule has 0 heterocycles. The molecule has 0 fully saturated rings. The van der Waals surface area contributed by atoms with E-state index in [1.54, 1.807) is 43.5 Å². The molecule has 0 aliphatic carbocycles. The first-order valence-corrected chi connectivity index (χ1v) is 11.9. The molecule has 0 radical (unpaired) electrons. The lowest BCUT2D eigenvalue weighted by atomic mass is 10.0. The lowest BCUT2D eigenvalue weighted by Gasteiger charge is -2.20. The second kappa shape index (κ2) is 12.7. The van der Waals surface area contributed by atoms with Crippen LogP contribution in [-0.4, -0.2) is 31.2 Å². The van der Waals surface area contributed by atoms with Crippen molar-refractivity contribution in [2.45, 2.75) is 33.4 Å². The van der Waals surface area contributed by atoms with Gasteiger partial charge in [-0.1, -0.05) is 61.3 Å². The van der Waals surface area contributed by atoms with E-state index in [4.69, 9.17) is 21.1 Å². The van der Waals surface area contributed by atoms with E-state index in [1.165, 1.54) is 11.8 Å². The zero-order chi connectivity index (χ0) is 26.1. The van der Waals surface area contributed by atoms with E-state index in [9.17, 15) is 9.59 Å². The van der Waals surface area contributed by atoms with Crippen LogP contribution >= 0.6 is 11.6 Å². The van der Waals surface area contributed by atoms with Gasteiger partial charge >= 0.3 is 0 Å². The molecule has 0 saturated heterocycles. The maximum absolute atomic E-state index is 12.7. The number of amides is 2. The quantitative estimate of drug-likeness (QED) is 0.294. The van der Waals surface area contributed by atoms with E-state index in [2.05, 4.69) is 21.9 Å². The highest BCUT2D eigenvalue weighted by Crippen LogP contribution is 2.28. The van der Waals surface area contributed by atoms with Crippen LogP contribution < -0.4 is 20.2 Å². The van der Waals surface area contributed by atoms with Crippen LogP contribution in [-0.2, 0) is 11.4 Å². The molecule has 1 unspecified atom stereocenters. The van der Waals surface area contributed by atoms with E-state index >= 15 is 0 Å². The number of rotatable bonds is 10. The van der Waals surface area contributed by atoms with Crippen molar-refractivity contribution >= 4 is 29.6 Å². The van der Waals surface area contributed by atoms with Gasteiger partial charge in [0.25, 0.3) is 11.8 Å². The molecule has 36 heavy (non-hydrogen) atoms. The van der Waals surface area contributed by atoms with Crippen molar-refractivity contribution < 1.29 is 19.1 Å². The second-order valence-electron chi connectivity index (χ2n) is 8.63. The lowest BCUT2D eigenvalue weighted by Crippen LogP contribution is -2.48. The van der Waals surface area contributed by atoms with Crippen LogP contribution in [0.5, 0.6) is 11.5 Å². The zero-order valence-electron chi connectivity index (χ0n) is 20.7. The van der Waals surface area contributed by atoms with Crippen molar-refractivity contribution in [3.8, 4) is 11.5 Å². The van der Waals surface area contributed by atoms with Crippen LogP contribution in [0.1, 0.15) is 40.9 Å². The maximum Gasteiger partial charge on any atom is 0.262 e. The minimum absolute atomic E-state index is 0.159. The molecule has 2 amide bonds. The van der Waals surface area contributed by atoms with E-state index in [1.807, 2.05) is 45.0 Å². The molecule has 188 valence electrons. The number of ether oxygens (including phenoxy) is 2. The molecule has 3 aromatic carbocycles. The van der Waals surface area contributed by atoms with Crippen molar-refractivity contribution in [2.24, 2.45) is 11.0 Å². The van der Waals surface area contributed by atoms with Crippen LogP contribution in [0.15, 0.2) is 71.8 Å². The predicted octanol–water partition coefficient (Wildman–Crippen LogP) is 5.14. The van der Waals surface area contributed by atoms with Crippen LogP contribution in [0, 0.1) is 12.8 Å². The summed E-state index contributed by atoms with van der Waals surface area (Å²) < 4.78 is 11.4. The lowest BCUT2D eigenvalue weighted by molar-refractivity contribution is -0.123. The molecule has 7 nitrogen and oxygen atoms in total. The number of hydrogen-bond donors (Lipinski definition) is 2. The monoisotopic (exact) mass is 507 g/mol. The Bertz CT molecular complexity index is 1240. The summed E-state index contributed by atoms with van der Waals surface area (Å²) >= 11 is 5.96. The number of aryl methyl sites for hydroxylation is 1. The number of halogens is 1. The standard InChI is InChI=1S/C28H30ClN3O4/c1-18(2)26(31-27(33)22-9-6-10-23(29)15-22)28(34)32-30-16-20-11-12-24(25(14-20)35-4)36-17-21-8-5-7-19(3)13-21/h5-16,18,26H,17H2,1-4H3,(H,31,33)(H,32,34)/b30-16-. The van der Waals surface area contributed by atoms with Crippen molar-refractivity contribution in [1.82, 2.24) is 10.7 Å². The molecule has 1 atom stereocenters. The topological polar surface area (TPSA) is 89.0 Å². The van der Waals surface area contributed by atoms with Crippen molar-refractivity contribution in [3.63, 3.8) is 0 Å². The van der Waals surface area contributed by atoms with Gasteiger partial charge in [0.2, 0.25) is 0 Å². The zero-order valence-corrected chi connectivity index (χ0v) is 21.5. The molecule has 3 rings (SSSR count). The number of carbonyl (C=O) groups is 2. The summed E-state index contributed by atoms with van der Waals surface area (Å²) in [6.07, 6.45) is 1.50. The molecule has 0 aliphatic heterocycles. The molecule has 8 heteroatoms. The van der Waals surface area contributed by atoms with E-state index in [0.29, 0.717) is 34.3 Å². The minimum Gasteiger partial charge on any atom is -0.493 e. The van der Waals surface area contributed by atoms with Gasteiger partial charge in [-0.3, -0.25) is 9.59 Å². The van der Waals surface area contributed by atoms with Gasteiger partial charge < -0.3 is 14.8 Å². The molecule has 0 aromatic heterocycles. The Kier molecular flexibility index (Phi) is 9.47. The molecular formula is C28H30ClN3O4. The minimum atomic E-state index is -0.777. The van der Waals surface area contributed by atoms with Crippen LogP contribution in [0.3, 0.4) is 0 Å². The van der Waals surface area contributed by atoms with Crippen molar-refractivity contribution in [3.05, 3.63) is 94.0 Å². The summed E-state index contributed by atoms with van der Waals surface area (Å²) in [6.45, 7) is 6.13. The highest BCUT2D eigenvalue weighted by Gasteiger charge is 2.24. The summed E-state index contributed by atoms with van der Waals surface area (Å²) in [5, 5.41) is 7.24. The summed E-state index contributed by atoms with van der Waals surface area (Å²) in [7, 11) is 1.56. The average molecular weight is 508 g/mol. The largest absolute Gasteiger partial charge is 0.493 e. The summed E-state index contributed by atoms with van der Waals surface area (Å²) in [4.78, 5) is 25.3. The average Bonchev–Trinajstić information content (AvgIpc) is 2.86. The fourth-order valence-corrected chi connectivity index (χ4v) is 3.67. The van der Waals surface area contributed by atoms with E-state index in [-0.39, 0.29) is 11.8 Å². The molecule has 0 saturated carbocycles. The summed E-state index contributed by atoms with van der Waals surface area (Å²) in [5.74, 6) is 0.173. The Morgan fingerprint density at radius 2 is 1.81 bits per heavy atom. The van der Waals surface area contributed by atoms with Crippen LogP contribution in [0.4, 0.5) is 0 Å². The van der Waals surface area contributed by atoms with Crippen molar-refractivity contribution in [2.75, 3.05) is 7.11 Å². The first-order chi connectivity index (χ1) is 17.3. The van der Waals surface area contributed by atoms with E-state index < -0.39 is 11.9 Å². The van der Waals surface area contributed by atoms with Crippen molar-refractivity contribution in [1.29, 1.82) is 0 Å². The van der Waals surface area contributed by atoms with Gasteiger partial charge in [0.15, 0.2) is 11.5 Å². The van der Waals surface area contributed by atoms with Gasteiger partial charge in [0.1, 0.15) is 12.6 Å². The number of nitrogens with one attached hydrogen (secondary N) is 2. The Balaban J connectivity index is 1.61. The fourth-order valence-electron chi connectivity index (χ4n) is 3.48. The predicted molar refractivity (Wildman–Crippen MR) is 142 cm³/mol. The number of carbonyl (C=O) groups excluding carboxylic acids is 2. The molecule has 2 N–H and O–H groups in total. The first-order valence-electron chi connectivity index (χ1n) is 11.5. The number of hydrazone groups is 1. The van der Waals surface area contributed by atoms with Gasteiger partial charge in [0.05, 0.1) is 13.3 Å². The molecule has 3 aromatic rings. The van der Waals surface area contributed by atoms with Gasteiger partial charge in [-0.05, 0) is 60.4 Å². The third-order valence-electron chi connectivity index (χ3n) is 5.38. The maximum atomic E-state index is 12.7. The van der Waals surface area contributed by atoms with Gasteiger partial charge in [0, 0.05) is 10.6 Å². The molecule has 0 aliphatic rings. The molecule has 0 bridgehead atoms. The molecular weight excluding hydrogens is 478 g/mol. The molecule has 0 spiro atoms. The van der Waals surface area contributed by atoms with Gasteiger partial charge in [-0.2, -0.15) is 5.10 Å². The Hall–Kier alpha value is -3.84. The Morgan fingerprint density at radius 3 is 2.50 bits per heavy atom. The Morgan fingerprint density at radius 1 is 1.03 bits per heavy atom. The number of benzene rings is 3. The van der Waals surface area contributed by atoms with E-state index in [0.717, 1.165) is 5.56 Å². The normalized spacial score (nSPS) is 11.8. The highest BCUT2D eigenvalue weighted by atomic mass is 35.5. The highest BCUT2D eigenvalue weighted by molar-refractivity contribution is 6.31. The smallest absolute Gasteiger partial charge is 0.262 e. The summed E-state index contributed by atoms with van der Waals surface area (Å²) in [5.41, 5.74) is 5.82. The Labute approximate surface area is 216 Å². The summed E-state index contributed by atoms with van der Waals surface area (Å²) in [6, 6.07) is 19.2. The SMILES string of the molecule is COc1cc(/C=N\NC(=O)C(NC(=O)c2cccc(Cl)c2)C(C)C)ccc1OCc1cccc(C)c1. The van der Waals surface area contributed by atoms with Gasteiger partial charge in [-0.25, -0.2) is 5.43 Å². The third kappa shape index (κ3) is 7.58. The van der Waals surface area contributed by atoms with Crippen LogP contribution in [0.25, 0.3) is 0 Å².